The van der Waals surface area contributed by atoms with E-state index in [-0.39, 0.29) is 11.8 Å². The monoisotopic (exact) mass is 342 g/mol. The molecule has 0 radical (unpaired) electrons. The van der Waals surface area contributed by atoms with Gasteiger partial charge < -0.3 is 14.7 Å². The predicted octanol–water partition coefficient (Wildman–Crippen LogP) is 3.56. The van der Waals surface area contributed by atoms with E-state index in [0.717, 1.165) is 30.9 Å². The number of carbonyl (C=O) groups excluding carboxylic acids is 1. The number of piperidine rings is 1. The molecular formula is C19H26N4O2. The molecule has 6 heteroatoms. The second-order valence-electron chi connectivity index (χ2n) is 6.97. The molecule has 1 aliphatic rings. The molecule has 0 spiro atoms. The Morgan fingerprint density at radius 2 is 2.24 bits per heavy atom. The van der Waals surface area contributed by atoms with E-state index < -0.39 is 0 Å². The van der Waals surface area contributed by atoms with Gasteiger partial charge in [-0.1, -0.05) is 19.0 Å². The van der Waals surface area contributed by atoms with Crippen LogP contribution >= 0.6 is 0 Å². The molecule has 1 unspecified atom stereocenters. The lowest BCUT2D eigenvalue weighted by Gasteiger charge is -2.33. The number of nitrogens with one attached hydrogen (secondary N) is 1. The highest BCUT2D eigenvalue weighted by molar-refractivity contribution is 5.96. The Labute approximate surface area is 148 Å². The molecule has 134 valence electrons. The van der Waals surface area contributed by atoms with Gasteiger partial charge in [0.05, 0.1) is 5.69 Å². The first kappa shape index (κ1) is 17.5. The second-order valence-corrected chi connectivity index (χ2v) is 6.97. The van der Waals surface area contributed by atoms with Gasteiger partial charge in [0.2, 0.25) is 0 Å². The standard InChI is InChI=1S/C19H26N4O2/c1-12(2)18-17(13(3)25-22-18)19(24)23-9-5-6-15(11-23)14-7-8-21-16(10-14)20-4/h7-8,10,12,15H,5-6,9,11H2,1-4H3,(H,20,21). The Balaban J connectivity index is 1.81. The lowest BCUT2D eigenvalue weighted by molar-refractivity contribution is 0.0704. The molecule has 0 aliphatic carbocycles. The van der Waals surface area contributed by atoms with Crippen LogP contribution in [0.2, 0.25) is 0 Å². The maximum atomic E-state index is 13.1. The number of aromatic nitrogens is 2. The molecule has 2 aromatic rings. The van der Waals surface area contributed by atoms with Gasteiger partial charge >= 0.3 is 0 Å². The second kappa shape index (κ2) is 7.25. The highest BCUT2D eigenvalue weighted by atomic mass is 16.5. The van der Waals surface area contributed by atoms with E-state index in [1.165, 1.54) is 5.56 Å². The Bertz CT molecular complexity index is 754. The third kappa shape index (κ3) is 3.52. The first-order valence-corrected chi connectivity index (χ1v) is 8.90. The summed E-state index contributed by atoms with van der Waals surface area (Å²) in [7, 11) is 1.87. The first-order chi connectivity index (χ1) is 12.0. The smallest absolute Gasteiger partial charge is 0.259 e. The summed E-state index contributed by atoms with van der Waals surface area (Å²) in [4.78, 5) is 19.3. The molecule has 3 heterocycles. The average molecular weight is 342 g/mol. The molecular weight excluding hydrogens is 316 g/mol. The van der Waals surface area contributed by atoms with Gasteiger partial charge in [0.1, 0.15) is 17.1 Å². The van der Waals surface area contributed by atoms with Gasteiger partial charge in [-0.25, -0.2) is 4.98 Å². The lowest BCUT2D eigenvalue weighted by Crippen LogP contribution is -2.39. The zero-order chi connectivity index (χ0) is 18.0. The minimum absolute atomic E-state index is 0.0371. The zero-order valence-corrected chi connectivity index (χ0v) is 15.4. The van der Waals surface area contributed by atoms with Crippen LogP contribution in [0.4, 0.5) is 5.82 Å². The van der Waals surface area contributed by atoms with Crippen molar-refractivity contribution in [2.24, 2.45) is 0 Å². The molecule has 2 aromatic heterocycles. The number of likely N-dealkylation sites (tertiary alicyclic amines) is 1. The van der Waals surface area contributed by atoms with Crippen molar-refractivity contribution in [1.82, 2.24) is 15.0 Å². The van der Waals surface area contributed by atoms with Crippen LogP contribution in [0.25, 0.3) is 0 Å². The van der Waals surface area contributed by atoms with Crippen molar-refractivity contribution in [3.05, 3.63) is 40.9 Å². The van der Waals surface area contributed by atoms with E-state index in [4.69, 9.17) is 4.52 Å². The fourth-order valence-corrected chi connectivity index (χ4v) is 3.47. The van der Waals surface area contributed by atoms with Crippen LogP contribution in [0.5, 0.6) is 0 Å². The molecule has 0 saturated carbocycles. The van der Waals surface area contributed by atoms with Crippen LogP contribution in [-0.2, 0) is 0 Å². The summed E-state index contributed by atoms with van der Waals surface area (Å²) >= 11 is 0. The Morgan fingerprint density at radius 3 is 2.96 bits per heavy atom. The topological polar surface area (TPSA) is 71.3 Å². The van der Waals surface area contributed by atoms with E-state index in [0.29, 0.717) is 23.8 Å². The van der Waals surface area contributed by atoms with Crippen molar-refractivity contribution < 1.29 is 9.32 Å². The molecule has 1 fully saturated rings. The predicted molar refractivity (Wildman–Crippen MR) is 97.0 cm³/mol. The summed E-state index contributed by atoms with van der Waals surface area (Å²) < 4.78 is 5.30. The summed E-state index contributed by atoms with van der Waals surface area (Å²) in [5.74, 6) is 2.00. The number of nitrogens with zero attached hydrogens (tertiary/aromatic N) is 3. The van der Waals surface area contributed by atoms with Crippen molar-refractivity contribution >= 4 is 11.7 Å². The van der Waals surface area contributed by atoms with Gasteiger partial charge in [0, 0.05) is 32.3 Å². The van der Waals surface area contributed by atoms with Gasteiger partial charge in [-0.05, 0) is 43.4 Å². The number of amides is 1. The van der Waals surface area contributed by atoms with E-state index in [2.05, 4.69) is 21.5 Å². The number of anilines is 1. The normalized spacial score (nSPS) is 17.8. The summed E-state index contributed by atoms with van der Waals surface area (Å²) in [6.45, 7) is 7.37. The van der Waals surface area contributed by atoms with Crippen molar-refractivity contribution in [2.75, 3.05) is 25.5 Å². The fraction of sp³-hybridized carbons (Fsp3) is 0.526. The number of pyridine rings is 1. The van der Waals surface area contributed by atoms with Gasteiger partial charge in [0.25, 0.3) is 5.91 Å². The zero-order valence-electron chi connectivity index (χ0n) is 15.4. The van der Waals surface area contributed by atoms with E-state index in [1.807, 2.05) is 45.0 Å². The molecule has 0 aromatic carbocycles. The Morgan fingerprint density at radius 1 is 1.44 bits per heavy atom. The molecule has 6 nitrogen and oxygen atoms in total. The third-order valence-corrected chi connectivity index (χ3v) is 4.87. The Kier molecular flexibility index (Phi) is 5.06. The summed E-state index contributed by atoms with van der Waals surface area (Å²) in [5.41, 5.74) is 2.62. The minimum Gasteiger partial charge on any atom is -0.373 e. The van der Waals surface area contributed by atoms with Crippen molar-refractivity contribution in [3.63, 3.8) is 0 Å². The highest BCUT2D eigenvalue weighted by Gasteiger charge is 2.30. The first-order valence-electron chi connectivity index (χ1n) is 8.90. The molecule has 1 amide bonds. The van der Waals surface area contributed by atoms with E-state index >= 15 is 0 Å². The van der Waals surface area contributed by atoms with E-state index in [9.17, 15) is 4.79 Å². The number of hydrogen-bond acceptors (Lipinski definition) is 5. The summed E-state index contributed by atoms with van der Waals surface area (Å²) in [5, 5.41) is 7.17. The van der Waals surface area contributed by atoms with Crippen LogP contribution in [0.1, 0.15) is 65.9 Å². The highest BCUT2D eigenvalue weighted by Crippen LogP contribution is 2.30. The molecule has 1 aliphatic heterocycles. The molecule has 3 rings (SSSR count). The number of aryl methyl sites for hydroxylation is 1. The van der Waals surface area contributed by atoms with Crippen LogP contribution in [-0.4, -0.2) is 41.1 Å². The van der Waals surface area contributed by atoms with Crippen LogP contribution in [0.15, 0.2) is 22.9 Å². The largest absolute Gasteiger partial charge is 0.373 e. The van der Waals surface area contributed by atoms with Crippen molar-refractivity contribution in [2.45, 2.75) is 45.4 Å². The van der Waals surface area contributed by atoms with Crippen molar-refractivity contribution in [3.8, 4) is 0 Å². The fourth-order valence-electron chi connectivity index (χ4n) is 3.47. The Hall–Kier alpha value is -2.37. The quantitative estimate of drug-likeness (QED) is 0.920. The summed E-state index contributed by atoms with van der Waals surface area (Å²) in [6, 6.07) is 4.12. The van der Waals surface area contributed by atoms with Gasteiger partial charge in [-0.15, -0.1) is 0 Å². The average Bonchev–Trinajstić information content (AvgIpc) is 3.03. The molecule has 0 bridgehead atoms. The SMILES string of the molecule is CNc1cc(C2CCCN(C(=O)c3c(C(C)C)noc3C)C2)ccn1. The van der Waals surface area contributed by atoms with E-state index in [1.54, 1.807) is 0 Å². The number of carbonyl (C=O) groups is 1. The van der Waals surface area contributed by atoms with Gasteiger partial charge in [-0.2, -0.15) is 0 Å². The van der Waals surface area contributed by atoms with Crippen LogP contribution in [0, 0.1) is 6.92 Å². The minimum atomic E-state index is 0.0371. The van der Waals surface area contributed by atoms with Crippen molar-refractivity contribution in [1.29, 1.82) is 0 Å². The molecule has 1 atom stereocenters. The summed E-state index contributed by atoms with van der Waals surface area (Å²) in [6.07, 6.45) is 3.90. The lowest BCUT2D eigenvalue weighted by atomic mass is 9.90. The van der Waals surface area contributed by atoms with Gasteiger partial charge in [-0.3, -0.25) is 4.79 Å². The molecule has 25 heavy (non-hydrogen) atoms. The number of hydrogen-bond donors (Lipinski definition) is 1. The van der Waals surface area contributed by atoms with Gasteiger partial charge in [0.15, 0.2) is 0 Å². The molecule has 1 N–H and O–H groups in total. The molecule has 1 saturated heterocycles. The number of rotatable bonds is 4. The maximum Gasteiger partial charge on any atom is 0.259 e. The third-order valence-electron chi connectivity index (χ3n) is 4.87. The van der Waals surface area contributed by atoms with Crippen LogP contribution < -0.4 is 5.32 Å². The maximum absolute atomic E-state index is 13.1. The van der Waals surface area contributed by atoms with Crippen LogP contribution in [0.3, 0.4) is 0 Å².